The lowest BCUT2D eigenvalue weighted by atomic mass is 10.1. The molecule has 0 aliphatic heterocycles. The van der Waals surface area contributed by atoms with Crippen molar-refractivity contribution in [3.05, 3.63) is 35.6 Å². The molecular weight excluding hydrogens is 213 g/mol. The average Bonchev–Trinajstić information content (AvgIpc) is 2.20. The quantitative estimate of drug-likeness (QED) is 0.828. The van der Waals surface area contributed by atoms with E-state index in [9.17, 15) is 14.0 Å². The number of nitrogens with zero attached hydrogens (tertiary/aromatic N) is 1. The zero-order chi connectivity index (χ0) is 12.1. The molecule has 0 heterocycles. The van der Waals surface area contributed by atoms with Crippen LogP contribution >= 0.6 is 0 Å². The lowest BCUT2D eigenvalue weighted by Crippen LogP contribution is -2.33. The molecule has 0 aromatic heterocycles. The number of hydrogen-bond acceptors (Lipinski definition) is 2. The first-order valence-electron chi connectivity index (χ1n) is 4.70. The maximum Gasteiger partial charge on any atom is 0.323 e. The van der Waals surface area contributed by atoms with E-state index in [2.05, 4.69) is 0 Å². The number of carbonyl (C=O) groups excluding carboxylic acids is 1. The maximum atomic E-state index is 13.2. The molecule has 0 bridgehead atoms. The molecule has 0 atom stereocenters. The van der Waals surface area contributed by atoms with Crippen molar-refractivity contribution in [1.82, 2.24) is 4.90 Å². The Kier molecular flexibility index (Phi) is 3.99. The van der Waals surface area contributed by atoms with Crippen molar-refractivity contribution in [1.29, 1.82) is 0 Å². The Morgan fingerprint density at radius 1 is 1.38 bits per heavy atom. The Balaban J connectivity index is 2.64. The van der Waals surface area contributed by atoms with Crippen molar-refractivity contribution in [2.45, 2.75) is 6.42 Å². The average molecular weight is 225 g/mol. The largest absolute Gasteiger partial charge is 0.480 e. The monoisotopic (exact) mass is 225 g/mol. The Hall–Kier alpha value is -1.91. The van der Waals surface area contributed by atoms with Gasteiger partial charge in [0, 0.05) is 7.05 Å². The predicted molar refractivity (Wildman–Crippen MR) is 55.4 cm³/mol. The third-order valence-corrected chi connectivity index (χ3v) is 2.10. The van der Waals surface area contributed by atoms with Gasteiger partial charge in [0.2, 0.25) is 5.91 Å². The van der Waals surface area contributed by atoms with Crippen molar-refractivity contribution in [2.24, 2.45) is 0 Å². The molecule has 0 saturated carbocycles. The third-order valence-electron chi connectivity index (χ3n) is 2.10. The molecule has 0 radical (unpaired) electrons. The molecule has 4 nitrogen and oxygen atoms in total. The molecule has 1 aromatic rings. The van der Waals surface area contributed by atoms with E-state index in [1.807, 2.05) is 0 Å². The van der Waals surface area contributed by atoms with Gasteiger partial charge >= 0.3 is 5.97 Å². The predicted octanol–water partition coefficient (Wildman–Crippen LogP) is 0.911. The minimum Gasteiger partial charge on any atom is -0.480 e. The minimum atomic E-state index is -1.09. The maximum absolute atomic E-state index is 13.2. The highest BCUT2D eigenvalue weighted by Gasteiger charge is 2.14. The van der Waals surface area contributed by atoms with Crippen LogP contribution in [-0.2, 0) is 16.0 Å². The number of carboxylic acid groups (broad SMARTS) is 1. The highest BCUT2D eigenvalue weighted by atomic mass is 19.1. The molecule has 5 heteroatoms. The number of carboxylic acids is 1. The summed E-state index contributed by atoms with van der Waals surface area (Å²) in [6.45, 7) is -0.382. The second kappa shape index (κ2) is 5.25. The zero-order valence-electron chi connectivity index (χ0n) is 8.81. The molecule has 1 N–H and O–H groups in total. The highest BCUT2D eigenvalue weighted by molar-refractivity contribution is 5.82. The molecule has 1 amide bonds. The number of amides is 1. The minimum absolute atomic E-state index is 0.129. The summed E-state index contributed by atoms with van der Waals surface area (Å²) in [4.78, 5) is 22.9. The Bertz CT molecular complexity index is 406. The number of hydrogen-bond donors (Lipinski definition) is 1. The van der Waals surface area contributed by atoms with Crippen LogP contribution < -0.4 is 0 Å². The van der Waals surface area contributed by atoms with Gasteiger partial charge in [0.05, 0.1) is 6.42 Å². The number of aliphatic carboxylic acids is 1. The summed E-state index contributed by atoms with van der Waals surface area (Å²) in [6.07, 6.45) is -0.129. The van der Waals surface area contributed by atoms with Crippen LogP contribution in [0.1, 0.15) is 5.56 Å². The lowest BCUT2D eigenvalue weighted by molar-refractivity contribution is -0.143. The molecule has 0 unspecified atom stereocenters. The fourth-order valence-corrected chi connectivity index (χ4v) is 1.23. The van der Waals surface area contributed by atoms with E-state index in [0.29, 0.717) is 0 Å². The molecule has 0 fully saturated rings. The second-order valence-corrected chi connectivity index (χ2v) is 3.41. The molecule has 0 aliphatic rings. The molecule has 86 valence electrons. The number of rotatable bonds is 4. The lowest BCUT2D eigenvalue weighted by Gasteiger charge is -2.14. The Morgan fingerprint density at radius 2 is 2.00 bits per heavy atom. The van der Waals surface area contributed by atoms with Crippen LogP contribution in [0.3, 0.4) is 0 Å². The summed E-state index contributed by atoms with van der Waals surface area (Å²) in [5.41, 5.74) is 0.268. The van der Waals surface area contributed by atoms with E-state index >= 15 is 0 Å². The number of likely N-dealkylation sites (N-methyl/N-ethyl adjacent to an activating group) is 1. The van der Waals surface area contributed by atoms with Crippen LogP contribution in [0, 0.1) is 5.82 Å². The number of halogens is 1. The van der Waals surface area contributed by atoms with E-state index in [1.54, 1.807) is 6.07 Å². The third kappa shape index (κ3) is 3.34. The van der Waals surface area contributed by atoms with Gasteiger partial charge in [-0.15, -0.1) is 0 Å². The van der Waals surface area contributed by atoms with Crippen LogP contribution in [0.25, 0.3) is 0 Å². The standard InChI is InChI=1S/C11H12FNO3/c1-13(7-11(15)16)10(14)6-8-4-2-3-5-9(8)12/h2-5H,6-7H2,1H3,(H,15,16). The van der Waals surface area contributed by atoms with Gasteiger partial charge in [-0.25, -0.2) is 4.39 Å². The Labute approximate surface area is 92.3 Å². The molecule has 1 aromatic carbocycles. The molecule has 16 heavy (non-hydrogen) atoms. The topological polar surface area (TPSA) is 57.6 Å². The normalized spacial score (nSPS) is 9.88. The molecule has 1 rings (SSSR count). The van der Waals surface area contributed by atoms with Gasteiger partial charge in [0.1, 0.15) is 12.4 Å². The summed E-state index contributed by atoms with van der Waals surface area (Å²) < 4.78 is 13.2. The Morgan fingerprint density at radius 3 is 2.56 bits per heavy atom. The number of carbonyl (C=O) groups is 2. The first-order chi connectivity index (χ1) is 7.50. The van der Waals surface area contributed by atoms with Crippen LogP contribution in [0.5, 0.6) is 0 Å². The van der Waals surface area contributed by atoms with Crippen LogP contribution in [-0.4, -0.2) is 35.5 Å². The summed E-state index contributed by atoms with van der Waals surface area (Å²) in [6, 6.07) is 5.93. The zero-order valence-corrected chi connectivity index (χ0v) is 8.81. The van der Waals surface area contributed by atoms with Crippen molar-refractivity contribution >= 4 is 11.9 Å². The van der Waals surface area contributed by atoms with Crippen LogP contribution in [0.15, 0.2) is 24.3 Å². The van der Waals surface area contributed by atoms with E-state index in [4.69, 9.17) is 5.11 Å². The van der Waals surface area contributed by atoms with Gasteiger partial charge in [-0.1, -0.05) is 18.2 Å². The van der Waals surface area contributed by atoms with Gasteiger partial charge in [0.25, 0.3) is 0 Å². The summed E-state index contributed by atoms with van der Waals surface area (Å²) in [7, 11) is 1.37. The highest BCUT2D eigenvalue weighted by Crippen LogP contribution is 2.08. The van der Waals surface area contributed by atoms with E-state index in [-0.39, 0.29) is 18.5 Å². The smallest absolute Gasteiger partial charge is 0.323 e. The van der Waals surface area contributed by atoms with Crippen molar-refractivity contribution in [2.75, 3.05) is 13.6 Å². The van der Waals surface area contributed by atoms with Gasteiger partial charge in [-0.3, -0.25) is 9.59 Å². The van der Waals surface area contributed by atoms with E-state index in [0.717, 1.165) is 4.90 Å². The molecule has 0 spiro atoms. The SMILES string of the molecule is CN(CC(=O)O)C(=O)Cc1ccccc1F. The summed E-state index contributed by atoms with van der Waals surface area (Å²) >= 11 is 0. The van der Waals surface area contributed by atoms with Gasteiger partial charge in [0.15, 0.2) is 0 Å². The van der Waals surface area contributed by atoms with Crippen molar-refractivity contribution < 1.29 is 19.1 Å². The van der Waals surface area contributed by atoms with Gasteiger partial charge in [-0.2, -0.15) is 0 Å². The van der Waals surface area contributed by atoms with E-state index in [1.165, 1.54) is 25.2 Å². The fraction of sp³-hybridized carbons (Fsp3) is 0.273. The van der Waals surface area contributed by atoms with Crippen molar-refractivity contribution in [3.63, 3.8) is 0 Å². The fourth-order valence-electron chi connectivity index (χ4n) is 1.23. The molecule has 0 aliphatic carbocycles. The second-order valence-electron chi connectivity index (χ2n) is 3.41. The summed E-state index contributed by atoms with van der Waals surface area (Å²) in [5, 5.41) is 8.49. The molecule has 0 saturated heterocycles. The first kappa shape index (κ1) is 12.2. The van der Waals surface area contributed by atoms with Gasteiger partial charge in [-0.05, 0) is 11.6 Å². The molecular formula is C11H12FNO3. The van der Waals surface area contributed by atoms with E-state index < -0.39 is 17.7 Å². The van der Waals surface area contributed by atoms with Crippen LogP contribution in [0.2, 0.25) is 0 Å². The first-order valence-corrected chi connectivity index (χ1v) is 4.70. The van der Waals surface area contributed by atoms with Gasteiger partial charge < -0.3 is 10.0 Å². The van der Waals surface area contributed by atoms with Crippen LogP contribution in [0.4, 0.5) is 4.39 Å². The van der Waals surface area contributed by atoms with Crippen molar-refractivity contribution in [3.8, 4) is 0 Å². The summed E-state index contributed by atoms with van der Waals surface area (Å²) in [5.74, 6) is -1.98. The number of benzene rings is 1.